The lowest BCUT2D eigenvalue weighted by molar-refractivity contribution is -0.324. The van der Waals surface area contributed by atoms with Crippen LogP contribution in [0.1, 0.15) is 71.1 Å². The third-order valence-electron chi connectivity index (χ3n) is 14.3. The SMILES string of the molecule is CC12CCC3C(CCC4(O)CC(OC5COC(CO)C(OC6OC(CO)C(O)C(O)C6O)C(O)C5)CCC34C=O)C1(O)CCC2C1=CC(=O)OC1. The van der Waals surface area contributed by atoms with Crippen molar-refractivity contribution in [2.24, 2.45) is 28.6 Å². The average molecular weight is 727 g/mol. The maximum atomic E-state index is 13.2. The lowest BCUT2D eigenvalue weighted by Gasteiger charge is -2.65. The molecular weight excluding hydrogens is 672 g/mol. The molecule has 288 valence electrons. The topological polar surface area (TPSA) is 242 Å². The fraction of sp³-hybridized carbons (Fsp3) is 0.889. The highest BCUT2D eigenvalue weighted by atomic mass is 16.7. The van der Waals surface area contributed by atoms with E-state index in [1.54, 1.807) is 6.08 Å². The summed E-state index contributed by atoms with van der Waals surface area (Å²) in [5.41, 5.74) is -3.05. The summed E-state index contributed by atoms with van der Waals surface area (Å²) in [4.78, 5) is 25.1. The number of hydrogen-bond donors (Lipinski definition) is 8. The molecule has 0 aromatic carbocycles. The van der Waals surface area contributed by atoms with Crippen molar-refractivity contribution in [3.8, 4) is 0 Å². The van der Waals surface area contributed by atoms with Crippen LogP contribution in [-0.2, 0) is 33.3 Å². The zero-order chi connectivity index (χ0) is 36.5. The van der Waals surface area contributed by atoms with Gasteiger partial charge in [0, 0.05) is 24.3 Å². The maximum Gasteiger partial charge on any atom is 0.331 e. The Bertz CT molecular complexity index is 1340. The third-order valence-corrected chi connectivity index (χ3v) is 14.3. The molecule has 15 nitrogen and oxygen atoms in total. The molecule has 17 unspecified atom stereocenters. The predicted molar refractivity (Wildman–Crippen MR) is 172 cm³/mol. The molecule has 0 radical (unpaired) electrons. The van der Waals surface area contributed by atoms with E-state index < -0.39 is 96.5 Å². The zero-order valence-corrected chi connectivity index (χ0v) is 29.0. The number of aliphatic hydroxyl groups is 8. The number of ether oxygens (including phenoxy) is 5. The molecule has 0 aromatic rings. The molecule has 0 spiro atoms. The van der Waals surface area contributed by atoms with Gasteiger partial charge in [-0.1, -0.05) is 6.92 Å². The summed E-state index contributed by atoms with van der Waals surface area (Å²) in [5, 5.41) is 86.5. The highest BCUT2D eigenvalue weighted by molar-refractivity contribution is 5.85. The first-order chi connectivity index (χ1) is 24.2. The lowest BCUT2D eigenvalue weighted by Crippen LogP contribution is -2.69. The predicted octanol–water partition coefficient (Wildman–Crippen LogP) is -1.38. The minimum atomic E-state index is -1.71. The van der Waals surface area contributed by atoms with Crippen LogP contribution in [0.4, 0.5) is 0 Å². The minimum absolute atomic E-state index is 0.00308. The Kier molecular flexibility index (Phi) is 10.3. The van der Waals surface area contributed by atoms with Crippen molar-refractivity contribution in [2.75, 3.05) is 26.4 Å². The van der Waals surface area contributed by atoms with Crippen LogP contribution in [0.15, 0.2) is 11.6 Å². The monoisotopic (exact) mass is 726 g/mol. The smallest absolute Gasteiger partial charge is 0.331 e. The van der Waals surface area contributed by atoms with Crippen molar-refractivity contribution < 1.29 is 74.1 Å². The van der Waals surface area contributed by atoms with Gasteiger partial charge in [0.1, 0.15) is 49.5 Å². The summed E-state index contributed by atoms with van der Waals surface area (Å²) in [7, 11) is 0. The summed E-state index contributed by atoms with van der Waals surface area (Å²) in [6, 6.07) is 0. The van der Waals surface area contributed by atoms with Gasteiger partial charge in [0.25, 0.3) is 0 Å². The van der Waals surface area contributed by atoms with E-state index in [4.69, 9.17) is 23.7 Å². The molecule has 6 fully saturated rings. The van der Waals surface area contributed by atoms with E-state index in [9.17, 15) is 50.4 Å². The molecule has 0 bridgehead atoms. The molecule has 17 atom stereocenters. The van der Waals surface area contributed by atoms with Gasteiger partial charge in [0.15, 0.2) is 6.29 Å². The van der Waals surface area contributed by atoms with Gasteiger partial charge in [0.05, 0.1) is 54.7 Å². The van der Waals surface area contributed by atoms with Gasteiger partial charge in [-0.2, -0.15) is 0 Å². The Morgan fingerprint density at radius 2 is 1.63 bits per heavy atom. The van der Waals surface area contributed by atoms with Crippen LogP contribution in [0.5, 0.6) is 0 Å². The second-order valence-electron chi connectivity index (χ2n) is 16.5. The van der Waals surface area contributed by atoms with Crippen molar-refractivity contribution >= 4 is 12.3 Å². The number of cyclic esters (lactones) is 1. The van der Waals surface area contributed by atoms with Gasteiger partial charge in [-0.15, -0.1) is 0 Å². The quantitative estimate of drug-likeness (QED) is 0.106. The standard InChI is InChI=1S/C36H54O15/c1-33-6-3-22-23(36(33,46)9-5-21(33)18-10-27(41)48-15-18)4-8-35(45)12-19(2-7-34(22,35)17-39)49-20-11-24(40)31(26(14-38)47-16-20)51-32-30(44)29(43)28(42)25(13-37)50-32/h10,17,19-26,28-32,37-38,40,42-46H,2-9,11-16H2,1H3. The van der Waals surface area contributed by atoms with E-state index in [0.717, 1.165) is 18.3 Å². The summed E-state index contributed by atoms with van der Waals surface area (Å²) >= 11 is 0. The molecule has 3 aliphatic heterocycles. The first-order valence-corrected chi connectivity index (χ1v) is 18.5. The third kappa shape index (κ3) is 5.94. The van der Waals surface area contributed by atoms with Gasteiger partial charge in [0.2, 0.25) is 0 Å². The number of carbonyl (C=O) groups excluding carboxylic acids is 2. The van der Waals surface area contributed by atoms with Crippen LogP contribution in [0, 0.1) is 28.6 Å². The largest absolute Gasteiger partial charge is 0.458 e. The van der Waals surface area contributed by atoms with Gasteiger partial charge >= 0.3 is 5.97 Å². The number of rotatable bonds is 8. The molecule has 4 saturated carbocycles. The Hall–Kier alpha value is -1.60. The molecule has 2 saturated heterocycles. The normalized spacial score (nSPS) is 52.9. The summed E-state index contributed by atoms with van der Waals surface area (Å²) < 4.78 is 28.8. The number of carbonyl (C=O) groups is 2. The first kappa shape index (κ1) is 37.7. The Labute approximate surface area is 296 Å². The van der Waals surface area contributed by atoms with E-state index in [0.29, 0.717) is 44.9 Å². The molecule has 15 heteroatoms. The molecule has 0 amide bonds. The second-order valence-corrected chi connectivity index (χ2v) is 16.5. The summed E-state index contributed by atoms with van der Waals surface area (Å²) in [6.07, 6.45) is -5.55. The molecule has 8 N–H and O–H groups in total. The van der Waals surface area contributed by atoms with Gasteiger partial charge in [-0.05, 0) is 74.7 Å². The summed E-state index contributed by atoms with van der Waals surface area (Å²) in [6.45, 7) is 1.10. The second kappa shape index (κ2) is 13.9. The molecule has 51 heavy (non-hydrogen) atoms. The van der Waals surface area contributed by atoms with E-state index in [2.05, 4.69) is 6.92 Å². The first-order valence-electron chi connectivity index (χ1n) is 18.5. The summed E-state index contributed by atoms with van der Waals surface area (Å²) in [5.74, 6) is -0.754. The molecular formula is C36H54O15. The molecule has 3 heterocycles. The molecule has 4 aliphatic carbocycles. The van der Waals surface area contributed by atoms with Crippen molar-refractivity contribution in [3.63, 3.8) is 0 Å². The van der Waals surface area contributed by atoms with Gasteiger partial charge in [-0.25, -0.2) is 4.79 Å². The van der Waals surface area contributed by atoms with E-state index >= 15 is 0 Å². The number of aldehydes is 1. The van der Waals surface area contributed by atoms with E-state index in [1.807, 2.05) is 0 Å². The van der Waals surface area contributed by atoms with Crippen LogP contribution < -0.4 is 0 Å². The fourth-order valence-corrected chi connectivity index (χ4v) is 11.5. The minimum Gasteiger partial charge on any atom is -0.458 e. The molecule has 0 aromatic heterocycles. The van der Waals surface area contributed by atoms with Crippen LogP contribution in [0.25, 0.3) is 0 Å². The Balaban J connectivity index is 1.02. The molecule has 7 aliphatic rings. The van der Waals surface area contributed by atoms with Crippen LogP contribution >= 0.6 is 0 Å². The van der Waals surface area contributed by atoms with Crippen molar-refractivity contribution in [2.45, 2.75) is 144 Å². The van der Waals surface area contributed by atoms with E-state index in [-0.39, 0.29) is 49.8 Å². The van der Waals surface area contributed by atoms with Gasteiger partial charge < -0.3 is 69.3 Å². The van der Waals surface area contributed by atoms with Crippen molar-refractivity contribution in [1.29, 1.82) is 0 Å². The van der Waals surface area contributed by atoms with Crippen LogP contribution in [0.3, 0.4) is 0 Å². The van der Waals surface area contributed by atoms with Crippen molar-refractivity contribution in [1.82, 2.24) is 0 Å². The maximum absolute atomic E-state index is 13.2. The number of esters is 1. The lowest BCUT2D eigenvalue weighted by atomic mass is 9.41. The number of aliphatic hydroxyl groups excluding tert-OH is 6. The van der Waals surface area contributed by atoms with Crippen LogP contribution in [-0.4, -0.2) is 152 Å². The van der Waals surface area contributed by atoms with E-state index in [1.165, 1.54) is 0 Å². The van der Waals surface area contributed by atoms with Gasteiger partial charge in [-0.3, -0.25) is 0 Å². The van der Waals surface area contributed by atoms with Crippen molar-refractivity contribution in [3.05, 3.63) is 11.6 Å². The highest BCUT2D eigenvalue weighted by Crippen LogP contribution is 2.70. The number of fused-ring (bicyclic) bond motifs is 5. The molecule has 7 rings (SSSR count). The average Bonchev–Trinajstić information content (AvgIpc) is 3.61. The van der Waals surface area contributed by atoms with Crippen LogP contribution in [0.2, 0.25) is 0 Å². The Morgan fingerprint density at radius 3 is 2.31 bits per heavy atom. The fourth-order valence-electron chi connectivity index (χ4n) is 11.5. The Morgan fingerprint density at radius 1 is 0.882 bits per heavy atom. The number of hydrogen-bond acceptors (Lipinski definition) is 15. The highest BCUT2D eigenvalue weighted by Gasteiger charge is 2.71. The zero-order valence-electron chi connectivity index (χ0n) is 29.0.